The maximum absolute atomic E-state index is 12.5. The fraction of sp³-hybridized carbons (Fsp3) is 0.450. The number of carbonyl (C=O) groups excluding carboxylic acids is 1. The normalized spacial score (nSPS) is 11.8. The lowest BCUT2D eigenvalue weighted by Crippen LogP contribution is -2.38. The number of benzene rings is 1. The molecule has 170 valence electrons. The summed E-state index contributed by atoms with van der Waals surface area (Å²) in [5.41, 5.74) is 5.94. The number of carbonyl (C=O) groups is 1. The zero-order valence-electron chi connectivity index (χ0n) is 18.3. The Labute approximate surface area is 182 Å². The molecule has 0 unspecified atom stereocenters. The van der Waals surface area contributed by atoms with Crippen LogP contribution in [-0.2, 0) is 38.4 Å². The highest BCUT2D eigenvalue weighted by Gasteiger charge is 2.28. The molecule has 1 aromatic carbocycles. The molecule has 2 rings (SSSR count). The summed E-state index contributed by atoms with van der Waals surface area (Å²) in [5.74, 6) is 0.818. The van der Waals surface area contributed by atoms with Gasteiger partial charge in [0.1, 0.15) is 18.0 Å². The van der Waals surface area contributed by atoms with Gasteiger partial charge in [-0.2, -0.15) is 4.98 Å². The van der Waals surface area contributed by atoms with Gasteiger partial charge in [-0.05, 0) is 38.5 Å². The molecule has 0 radical (unpaired) electrons. The van der Waals surface area contributed by atoms with Crippen molar-refractivity contribution in [3.8, 4) is 11.6 Å². The predicted molar refractivity (Wildman–Crippen MR) is 114 cm³/mol. The Kier molecular flexibility index (Phi) is 7.93. The fourth-order valence-electron chi connectivity index (χ4n) is 2.40. The highest BCUT2D eigenvalue weighted by Crippen LogP contribution is 2.22. The number of methoxy groups -OCH3 is 1. The van der Waals surface area contributed by atoms with Gasteiger partial charge >= 0.3 is 6.09 Å². The lowest BCUT2D eigenvalue weighted by molar-refractivity contribution is 0.0420. The van der Waals surface area contributed by atoms with Gasteiger partial charge in [0, 0.05) is 26.8 Å². The number of rotatable bonds is 8. The van der Waals surface area contributed by atoms with Crippen LogP contribution >= 0.6 is 0 Å². The molecule has 0 spiro atoms. The molecule has 31 heavy (non-hydrogen) atoms. The van der Waals surface area contributed by atoms with Gasteiger partial charge in [0.2, 0.25) is 15.9 Å². The molecule has 2 N–H and O–H groups in total. The lowest BCUT2D eigenvalue weighted by Gasteiger charge is -2.24. The van der Waals surface area contributed by atoms with Crippen molar-refractivity contribution >= 4 is 16.1 Å². The van der Waals surface area contributed by atoms with Crippen molar-refractivity contribution in [2.45, 2.75) is 45.3 Å². The molecule has 0 saturated heterocycles. The molecule has 1 aromatic heterocycles. The first-order valence-corrected chi connectivity index (χ1v) is 11.1. The molecule has 0 bridgehead atoms. The highest BCUT2D eigenvalue weighted by atomic mass is 32.2. The van der Waals surface area contributed by atoms with E-state index in [4.69, 9.17) is 19.9 Å². The lowest BCUT2D eigenvalue weighted by atomic mass is 10.2. The number of nitrogens with zero attached hydrogens (tertiary/aromatic N) is 3. The second kappa shape index (κ2) is 10.0. The minimum atomic E-state index is -3.91. The molecule has 1 amide bonds. The molecule has 0 fully saturated rings. The Morgan fingerprint density at radius 3 is 2.35 bits per heavy atom. The summed E-state index contributed by atoms with van der Waals surface area (Å²) < 4.78 is 41.6. The fourth-order valence-corrected chi connectivity index (χ4v) is 3.47. The van der Waals surface area contributed by atoms with E-state index in [1.165, 1.54) is 14.2 Å². The van der Waals surface area contributed by atoms with Crippen molar-refractivity contribution in [1.82, 2.24) is 14.3 Å². The number of hydrogen-bond donors (Lipinski definition) is 1. The molecule has 0 atom stereocenters. The summed E-state index contributed by atoms with van der Waals surface area (Å²) in [6.45, 7) is 5.42. The predicted octanol–water partition coefficient (Wildman–Crippen LogP) is 2.57. The third-order valence-electron chi connectivity index (χ3n) is 3.85. The van der Waals surface area contributed by atoms with E-state index in [0.717, 1.165) is 0 Å². The topological polar surface area (TPSA) is 134 Å². The van der Waals surface area contributed by atoms with Crippen molar-refractivity contribution in [1.29, 1.82) is 0 Å². The van der Waals surface area contributed by atoms with Crippen molar-refractivity contribution in [3.05, 3.63) is 47.4 Å². The number of hydrogen-bond acceptors (Lipinski definition) is 9. The third kappa shape index (κ3) is 7.46. The van der Waals surface area contributed by atoms with Crippen LogP contribution in [0.3, 0.4) is 0 Å². The van der Waals surface area contributed by atoms with Crippen LogP contribution in [0.15, 0.2) is 30.3 Å². The van der Waals surface area contributed by atoms with Crippen molar-refractivity contribution < 1.29 is 27.4 Å². The summed E-state index contributed by atoms with van der Waals surface area (Å²) in [6.07, 6.45) is -0.932. The Bertz CT molecular complexity index is 1000. The van der Waals surface area contributed by atoms with Crippen LogP contribution in [0.25, 0.3) is 0 Å². The number of sulfonamides is 1. The van der Waals surface area contributed by atoms with E-state index in [1.807, 2.05) is 0 Å². The molecule has 11 heteroatoms. The number of aromatic nitrogens is 2. The van der Waals surface area contributed by atoms with E-state index in [9.17, 15) is 13.2 Å². The van der Waals surface area contributed by atoms with Gasteiger partial charge in [-0.15, -0.1) is 0 Å². The van der Waals surface area contributed by atoms with Gasteiger partial charge < -0.3 is 19.9 Å². The van der Waals surface area contributed by atoms with Crippen LogP contribution in [0.5, 0.6) is 11.6 Å². The first kappa shape index (κ1) is 24.5. The van der Waals surface area contributed by atoms with Crippen LogP contribution in [0.4, 0.5) is 4.79 Å². The molecular weight excluding hydrogens is 424 g/mol. The quantitative estimate of drug-likeness (QED) is 0.641. The van der Waals surface area contributed by atoms with Gasteiger partial charge in [-0.1, -0.05) is 12.1 Å². The molecule has 1 heterocycles. The Balaban J connectivity index is 2.10. The average Bonchev–Trinajstić information content (AvgIpc) is 2.67. The molecule has 0 saturated carbocycles. The zero-order chi connectivity index (χ0) is 23.2. The second-order valence-corrected chi connectivity index (χ2v) is 9.70. The second-order valence-electron chi connectivity index (χ2n) is 7.70. The summed E-state index contributed by atoms with van der Waals surface area (Å²) in [6, 6.07) is 8.03. The first-order valence-electron chi connectivity index (χ1n) is 9.46. The molecular formula is C20H28N4O6S. The van der Waals surface area contributed by atoms with Crippen LogP contribution in [0.1, 0.15) is 37.9 Å². The van der Waals surface area contributed by atoms with E-state index in [1.54, 1.807) is 51.1 Å². The largest absolute Gasteiger partial charge is 0.443 e. The number of ether oxygens (including phenoxy) is 3. The van der Waals surface area contributed by atoms with Crippen LogP contribution in [0.2, 0.25) is 0 Å². The third-order valence-corrected chi connectivity index (χ3v) is 5.53. The minimum absolute atomic E-state index is 0.214. The average molecular weight is 453 g/mol. The standard InChI is InChI=1S/C20H28N4O6S/c1-20(2,3)30-19(25)24(4)31(26,27)13-14-6-8-16(9-7-14)29-18-10-15(11-21)22-17(23-18)12-28-5/h6-10H,11-13,21H2,1-5H3. The highest BCUT2D eigenvalue weighted by molar-refractivity contribution is 7.88. The molecule has 0 aliphatic heterocycles. The van der Waals surface area contributed by atoms with E-state index in [2.05, 4.69) is 9.97 Å². The smallest absolute Gasteiger partial charge is 0.423 e. The van der Waals surface area contributed by atoms with Gasteiger partial charge in [-0.25, -0.2) is 22.5 Å². The number of amides is 1. The van der Waals surface area contributed by atoms with Crippen LogP contribution in [0, 0.1) is 0 Å². The van der Waals surface area contributed by atoms with Gasteiger partial charge in [0.15, 0.2) is 5.82 Å². The van der Waals surface area contributed by atoms with Gasteiger partial charge in [0.25, 0.3) is 0 Å². The van der Waals surface area contributed by atoms with Crippen molar-refractivity contribution in [3.63, 3.8) is 0 Å². The maximum Gasteiger partial charge on any atom is 0.423 e. The van der Waals surface area contributed by atoms with Crippen LogP contribution < -0.4 is 10.5 Å². The Morgan fingerprint density at radius 1 is 1.16 bits per heavy atom. The molecule has 10 nitrogen and oxygen atoms in total. The first-order chi connectivity index (χ1) is 14.4. The van der Waals surface area contributed by atoms with E-state index in [-0.39, 0.29) is 18.9 Å². The Morgan fingerprint density at radius 2 is 1.81 bits per heavy atom. The van der Waals surface area contributed by atoms with Gasteiger partial charge in [-0.3, -0.25) is 0 Å². The zero-order valence-corrected chi connectivity index (χ0v) is 19.1. The minimum Gasteiger partial charge on any atom is -0.443 e. The van der Waals surface area contributed by atoms with Crippen molar-refractivity contribution in [2.24, 2.45) is 5.73 Å². The van der Waals surface area contributed by atoms with Crippen molar-refractivity contribution in [2.75, 3.05) is 14.2 Å². The van der Waals surface area contributed by atoms with Crippen LogP contribution in [-0.4, -0.2) is 48.5 Å². The monoisotopic (exact) mass is 452 g/mol. The summed E-state index contributed by atoms with van der Waals surface area (Å²) >= 11 is 0. The maximum atomic E-state index is 12.5. The SMILES string of the molecule is COCc1nc(CN)cc(Oc2ccc(CS(=O)(=O)N(C)C(=O)OC(C)(C)C)cc2)n1. The van der Waals surface area contributed by atoms with Gasteiger partial charge in [0.05, 0.1) is 11.4 Å². The molecule has 0 aliphatic carbocycles. The van der Waals surface area contributed by atoms with E-state index in [0.29, 0.717) is 33.0 Å². The van der Waals surface area contributed by atoms with E-state index < -0.39 is 21.7 Å². The summed E-state index contributed by atoms with van der Waals surface area (Å²) in [4.78, 5) is 20.5. The van der Waals surface area contributed by atoms with E-state index >= 15 is 0 Å². The molecule has 0 aliphatic rings. The molecule has 2 aromatic rings. The summed E-state index contributed by atoms with van der Waals surface area (Å²) in [5, 5.41) is 0. The Hall–Kier alpha value is -2.76. The summed E-state index contributed by atoms with van der Waals surface area (Å²) in [7, 11) is -1.21. The number of nitrogens with two attached hydrogens (primary N) is 1.